The first kappa shape index (κ1) is 13.8. The zero-order valence-electron chi connectivity index (χ0n) is 5.52. The zero-order valence-corrected chi connectivity index (χ0v) is 6.62. The van der Waals surface area contributed by atoms with E-state index < -0.39 is 7.25 Å². The molecule has 0 spiro atoms. The maximum atomic E-state index is 9.75. The Labute approximate surface area is 75.7 Å². The SMILES string of the molecule is F[B-](F)(F)F.Nn1cnnc1.[Fe]. The van der Waals surface area contributed by atoms with Crippen LogP contribution in [0.4, 0.5) is 17.3 Å². The molecule has 2 N–H and O–H groups in total. The molecule has 0 fully saturated rings. The van der Waals surface area contributed by atoms with E-state index in [9.17, 15) is 17.3 Å². The van der Waals surface area contributed by atoms with Gasteiger partial charge in [0.15, 0.2) is 0 Å². The molecule has 1 aromatic rings. The molecule has 0 bridgehead atoms. The second kappa shape index (κ2) is 5.84. The van der Waals surface area contributed by atoms with Gasteiger partial charge in [0, 0.05) is 17.1 Å². The molecule has 0 aromatic carbocycles. The Morgan fingerprint density at radius 3 is 1.42 bits per heavy atom. The van der Waals surface area contributed by atoms with Crippen LogP contribution >= 0.6 is 0 Å². The molecule has 10 heteroatoms. The average Bonchev–Trinajstić information content (AvgIpc) is 2.12. The summed E-state index contributed by atoms with van der Waals surface area (Å²) in [6.07, 6.45) is 2.83. The molecule has 12 heavy (non-hydrogen) atoms. The van der Waals surface area contributed by atoms with Crippen molar-refractivity contribution in [3.63, 3.8) is 0 Å². The van der Waals surface area contributed by atoms with Gasteiger partial charge in [0.25, 0.3) is 0 Å². The third-order valence-electron chi connectivity index (χ3n) is 0.437. The molecule has 0 radical (unpaired) electrons. The number of nitrogen functional groups attached to an aromatic ring is 1. The molecule has 0 saturated carbocycles. The van der Waals surface area contributed by atoms with Crippen molar-refractivity contribution in [1.29, 1.82) is 0 Å². The predicted molar refractivity (Wildman–Crippen MR) is 30.4 cm³/mol. The summed E-state index contributed by atoms with van der Waals surface area (Å²) in [5, 5.41) is 6.82. The minimum absolute atomic E-state index is 0. The first-order chi connectivity index (χ1) is 4.89. The second-order valence-electron chi connectivity index (χ2n) is 1.40. The van der Waals surface area contributed by atoms with Gasteiger partial charge in [0.1, 0.15) is 12.7 Å². The van der Waals surface area contributed by atoms with E-state index in [1.807, 2.05) is 0 Å². The van der Waals surface area contributed by atoms with Crippen molar-refractivity contribution in [2.75, 3.05) is 5.84 Å². The van der Waals surface area contributed by atoms with Gasteiger partial charge in [-0.3, -0.25) is 0 Å². The summed E-state index contributed by atoms with van der Waals surface area (Å²) >= 11 is 0. The van der Waals surface area contributed by atoms with Crippen LogP contribution < -0.4 is 5.84 Å². The summed E-state index contributed by atoms with van der Waals surface area (Å²) in [5.74, 6) is 5.07. The molecule has 4 nitrogen and oxygen atoms in total. The minimum Gasteiger partial charge on any atom is -0.418 e. The number of nitrogens with zero attached hydrogens (tertiary/aromatic N) is 3. The van der Waals surface area contributed by atoms with Crippen LogP contribution in [0.3, 0.4) is 0 Å². The molecular formula is C2H4BF4FeN4-. The van der Waals surface area contributed by atoms with E-state index in [0.717, 1.165) is 0 Å². The van der Waals surface area contributed by atoms with Crippen LogP contribution in [0.5, 0.6) is 0 Å². The monoisotopic (exact) mass is 227 g/mol. The van der Waals surface area contributed by atoms with Gasteiger partial charge in [0.05, 0.1) is 0 Å². The smallest absolute Gasteiger partial charge is 0.418 e. The van der Waals surface area contributed by atoms with Crippen molar-refractivity contribution in [1.82, 2.24) is 14.9 Å². The van der Waals surface area contributed by atoms with E-state index in [-0.39, 0.29) is 17.1 Å². The Morgan fingerprint density at radius 1 is 1.08 bits per heavy atom. The van der Waals surface area contributed by atoms with Gasteiger partial charge in [-0.15, -0.1) is 10.2 Å². The van der Waals surface area contributed by atoms with Crippen molar-refractivity contribution in [2.45, 2.75) is 0 Å². The van der Waals surface area contributed by atoms with Crippen LogP contribution in [0, 0.1) is 0 Å². The van der Waals surface area contributed by atoms with Crippen molar-refractivity contribution < 1.29 is 34.3 Å². The second-order valence-corrected chi connectivity index (χ2v) is 1.40. The van der Waals surface area contributed by atoms with E-state index >= 15 is 0 Å². The van der Waals surface area contributed by atoms with Gasteiger partial charge in [-0.25, -0.2) is 4.68 Å². The van der Waals surface area contributed by atoms with Gasteiger partial charge in [-0.05, 0) is 0 Å². The van der Waals surface area contributed by atoms with Crippen LogP contribution in [-0.4, -0.2) is 22.1 Å². The summed E-state index contributed by atoms with van der Waals surface area (Å²) in [6.45, 7) is 0. The molecule has 0 aliphatic carbocycles. The summed E-state index contributed by atoms with van der Waals surface area (Å²) < 4.78 is 40.3. The number of aromatic nitrogens is 3. The topological polar surface area (TPSA) is 56.7 Å². The quantitative estimate of drug-likeness (QED) is 0.393. The average molecular weight is 227 g/mol. The number of hydrogen-bond donors (Lipinski definition) is 1. The Balaban J connectivity index is 0. The number of hydrogen-bond acceptors (Lipinski definition) is 3. The standard InChI is InChI=1S/C2H4N4.BF4.Fe/c3-6-1-4-5-2-6;2-1(3,4)5;/h1-2H,3H2;;/q;-1;. The van der Waals surface area contributed by atoms with E-state index in [0.29, 0.717) is 0 Å². The van der Waals surface area contributed by atoms with E-state index in [1.54, 1.807) is 0 Å². The molecule has 0 amide bonds. The molecule has 0 aliphatic heterocycles. The first-order valence-corrected chi connectivity index (χ1v) is 2.36. The van der Waals surface area contributed by atoms with Crippen molar-refractivity contribution >= 4 is 7.25 Å². The fourth-order valence-electron chi connectivity index (χ4n) is 0.209. The van der Waals surface area contributed by atoms with Crippen LogP contribution in [-0.2, 0) is 17.1 Å². The third kappa shape index (κ3) is 16.1. The Bertz CT molecular complexity index is 181. The summed E-state index contributed by atoms with van der Waals surface area (Å²) in [4.78, 5) is 0. The minimum atomic E-state index is -6.00. The first-order valence-electron chi connectivity index (χ1n) is 2.36. The molecule has 1 aromatic heterocycles. The zero-order chi connectivity index (χ0) is 8.91. The third-order valence-corrected chi connectivity index (χ3v) is 0.437. The van der Waals surface area contributed by atoms with Gasteiger partial charge >= 0.3 is 7.25 Å². The summed E-state index contributed by atoms with van der Waals surface area (Å²) in [5.41, 5.74) is 0. The normalized spacial score (nSPS) is 9.33. The predicted octanol–water partition coefficient (Wildman–Crippen LogP) is 0.289. The molecule has 0 aliphatic rings. The van der Waals surface area contributed by atoms with E-state index in [1.165, 1.54) is 17.3 Å². The van der Waals surface area contributed by atoms with Crippen LogP contribution in [0.15, 0.2) is 12.7 Å². The molecule has 72 valence electrons. The number of nitrogens with two attached hydrogens (primary N) is 1. The van der Waals surface area contributed by atoms with Crippen LogP contribution in [0.25, 0.3) is 0 Å². The van der Waals surface area contributed by atoms with E-state index in [4.69, 9.17) is 5.84 Å². The molecule has 0 atom stereocenters. The molecule has 0 unspecified atom stereocenters. The fraction of sp³-hybridized carbons (Fsp3) is 0. The largest absolute Gasteiger partial charge is 0.673 e. The Kier molecular flexibility index (Phi) is 6.72. The van der Waals surface area contributed by atoms with Gasteiger partial charge in [0.2, 0.25) is 0 Å². The van der Waals surface area contributed by atoms with Crippen molar-refractivity contribution in [3.05, 3.63) is 12.7 Å². The van der Waals surface area contributed by atoms with Crippen molar-refractivity contribution in [2.24, 2.45) is 0 Å². The van der Waals surface area contributed by atoms with Gasteiger partial charge in [-0.1, -0.05) is 0 Å². The Hall–Kier alpha value is -0.756. The Morgan fingerprint density at radius 2 is 1.33 bits per heavy atom. The maximum absolute atomic E-state index is 9.75. The number of halogens is 4. The molecule has 1 heterocycles. The maximum Gasteiger partial charge on any atom is 0.673 e. The summed E-state index contributed by atoms with van der Waals surface area (Å²) in [6, 6.07) is 0. The molecule has 0 saturated heterocycles. The molecule has 1 rings (SSSR count). The van der Waals surface area contributed by atoms with E-state index in [2.05, 4.69) is 10.2 Å². The fourth-order valence-corrected chi connectivity index (χ4v) is 0.209. The van der Waals surface area contributed by atoms with Crippen molar-refractivity contribution in [3.8, 4) is 0 Å². The van der Waals surface area contributed by atoms with Gasteiger partial charge < -0.3 is 23.1 Å². The van der Waals surface area contributed by atoms with Crippen LogP contribution in [0.1, 0.15) is 0 Å². The van der Waals surface area contributed by atoms with Gasteiger partial charge in [-0.2, -0.15) is 0 Å². The summed E-state index contributed by atoms with van der Waals surface area (Å²) in [7, 11) is -6.00. The molecular weight excluding hydrogens is 223 g/mol. The number of rotatable bonds is 0. The van der Waals surface area contributed by atoms with Crippen LogP contribution in [0.2, 0.25) is 0 Å².